The number of aliphatic carboxylic acids is 1. The van der Waals surface area contributed by atoms with Gasteiger partial charge in [0.25, 0.3) is 0 Å². The molecule has 118 valence electrons. The lowest BCUT2D eigenvalue weighted by Gasteiger charge is -2.14. The summed E-state index contributed by atoms with van der Waals surface area (Å²) in [5.41, 5.74) is 4.94. The number of unbranched alkanes of at least 4 members (excludes halogenated alkanes) is 5. The number of hydrogen-bond donors (Lipinski definition) is 4. The van der Waals surface area contributed by atoms with Crippen LogP contribution in [0.2, 0.25) is 0 Å². The maximum absolute atomic E-state index is 11.1. The van der Waals surface area contributed by atoms with Gasteiger partial charge in [0.05, 0.1) is 0 Å². The van der Waals surface area contributed by atoms with E-state index >= 15 is 0 Å². The fourth-order valence-corrected chi connectivity index (χ4v) is 2.01. The molecule has 20 heavy (non-hydrogen) atoms. The summed E-state index contributed by atoms with van der Waals surface area (Å²) in [5.74, 6) is -0.838. The number of carbonyl (C=O) groups excluding carboxylic acids is 1. The van der Waals surface area contributed by atoms with Crippen molar-refractivity contribution in [3.8, 4) is 0 Å². The molecule has 0 radical (unpaired) electrons. The van der Waals surface area contributed by atoms with Crippen LogP contribution in [0.1, 0.15) is 58.3 Å². The maximum Gasteiger partial charge on any atom is 0.320 e. The minimum atomic E-state index is -0.838. The van der Waals surface area contributed by atoms with Gasteiger partial charge in [0.2, 0.25) is 0 Å². The van der Waals surface area contributed by atoms with Crippen molar-refractivity contribution in [2.45, 2.75) is 64.3 Å². The number of primary amides is 1. The smallest absolute Gasteiger partial charge is 0.320 e. The van der Waals surface area contributed by atoms with Crippen LogP contribution in [-0.2, 0) is 4.79 Å². The van der Waals surface area contributed by atoms with Crippen LogP contribution < -0.4 is 16.4 Å². The van der Waals surface area contributed by atoms with Gasteiger partial charge in [-0.05, 0) is 25.8 Å². The van der Waals surface area contributed by atoms with Gasteiger partial charge in [0.1, 0.15) is 6.04 Å². The summed E-state index contributed by atoms with van der Waals surface area (Å²) in [6.45, 7) is 3.33. The molecule has 1 atom stereocenters. The average Bonchev–Trinajstić information content (AvgIpc) is 2.39. The monoisotopic (exact) mass is 287 g/mol. The van der Waals surface area contributed by atoms with Gasteiger partial charge < -0.3 is 21.5 Å². The Bertz CT molecular complexity index is 272. The van der Waals surface area contributed by atoms with E-state index in [0.29, 0.717) is 19.4 Å². The molecule has 6 heteroatoms. The molecule has 0 saturated heterocycles. The highest BCUT2D eigenvalue weighted by atomic mass is 16.4. The van der Waals surface area contributed by atoms with E-state index in [1.807, 2.05) is 0 Å². The van der Waals surface area contributed by atoms with E-state index in [4.69, 9.17) is 10.8 Å². The quantitative estimate of drug-likeness (QED) is 0.388. The van der Waals surface area contributed by atoms with E-state index in [-0.39, 0.29) is 0 Å². The van der Waals surface area contributed by atoms with Crippen LogP contribution in [0, 0.1) is 0 Å². The summed E-state index contributed by atoms with van der Waals surface area (Å²) < 4.78 is 0. The van der Waals surface area contributed by atoms with Crippen LogP contribution in [0.3, 0.4) is 0 Å². The number of rotatable bonds is 13. The molecule has 0 saturated carbocycles. The van der Waals surface area contributed by atoms with E-state index in [9.17, 15) is 9.59 Å². The zero-order valence-corrected chi connectivity index (χ0v) is 12.5. The summed E-state index contributed by atoms with van der Waals surface area (Å²) >= 11 is 0. The zero-order valence-electron chi connectivity index (χ0n) is 12.5. The van der Waals surface area contributed by atoms with E-state index in [1.54, 1.807) is 0 Å². The summed E-state index contributed by atoms with van der Waals surface area (Å²) in [7, 11) is 0. The first-order chi connectivity index (χ1) is 9.57. The molecule has 0 aliphatic rings. The third kappa shape index (κ3) is 11.8. The SMILES string of the molecule is CCCCCCCCN[C@@H](CCCNC(N)=O)C(=O)O. The summed E-state index contributed by atoms with van der Waals surface area (Å²) in [4.78, 5) is 21.5. The third-order valence-electron chi connectivity index (χ3n) is 3.19. The predicted molar refractivity (Wildman–Crippen MR) is 79.6 cm³/mol. The van der Waals surface area contributed by atoms with E-state index in [0.717, 1.165) is 19.4 Å². The molecule has 0 unspecified atom stereocenters. The second-order valence-electron chi connectivity index (χ2n) is 5.05. The van der Waals surface area contributed by atoms with Crippen molar-refractivity contribution in [3.63, 3.8) is 0 Å². The van der Waals surface area contributed by atoms with Gasteiger partial charge >= 0.3 is 12.0 Å². The minimum absolute atomic E-state index is 0.414. The highest BCUT2D eigenvalue weighted by Gasteiger charge is 2.15. The van der Waals surface area contributed by atoms with Gasteiger partial charge in [-0.15, -0.1) is 0 Å². The van der Waals surface area contributed by atoms with Crippen molar-refractivity contribution >= 4 is 12.0 Å². The number of nitrogens with one attached hydrogen (secondary N) is 2. The number of carboxylic acid groups (broad SMARTS) is 1. The van der Waals surface area contributed by atoms with Gasteiger partial charge in [-0.25, -0.2) is 4.79 Å². The Hall–Kier alpha value is -1.30. The fourth-order valence-electron chi connectivity index (χ4n) is 2.01. The maximum atomic E-state index is 11.1. The van der Waals surface area contributed by atoms with E-state index in [1.165, 1.54) is 25.7 Å². The van der Waals surface area contributed by atoms with Crippen molar-refractivity contribution in [1.82, 2.24) is 10.6 Å². The summed E-state index contributed by atoms with van der Waals surface area (Å²) in [6.07, 6.45) is 8.23. The summed E-state index contributed by atoms with van der Waals surface area (Å²) in [5, 5.41) is 14.6. The predicted octanol–water partition coefficient (Wildman–Crippen LogP) is 1.84. The number of nitrogens with two attached hydrogens (primary N) is 1. The number of carboxylic acids is 1. The van der Waals surface area contributed by atoms with Crippen LogP contribution in [-0.4, -0.2) is 36.2 Å². The van der Waals surface area contributed by atoms with E-state index < -0.39 is 18.0 Å². The van der Waals surface area contributed by atoms with Gasteiger partial charge in [0, 0.05) is 6.54 Å². The molecule has 5 N–H and O–H groups in total. The lowest BCUT2D eigenvalue weighted by molar-refractivity contribution is -0.139. The Morgan fingerprint density at radius 3 is 2.30 bits per heavy atom. The second-order valence-corrected chi connectivity index (χ2v) is 5.05. The second kappa shape index (κ2) is 12.7. The van der Waals surface area contributed by atoms with E-state index in [2.05, 4.69) is 17.6 Å². The number of urea groups is 1. The molecule has 0 aromatic carbocycles. The molecule has 0 aromatic rings. The van der Waals surface area contributed by atoms with Crippen molar-refractivity contribution in [2.75, 3.05) is 13.1 Å². The molecule has 6 nitrogen and oxygen atoms in total. The van der Waals surface area contributed by atoms with Crippen LogP contribution in [0.15, 0.2) is 0 Å². The van der Waals surface area contributed by atoms with Gasteiger partial charge in [0.15, 0.2) is 0 Å². The molecule has 0 fully saturated rings. The molecular formula is C14H29N3O3. The first-order valence-corrected chi connectivity index (χ1v) is 7.57. The molecule has 0 aliphatic heterocycles. The Morgan fingerprint density at radius 1 is 1.05 bits per heavy atom. The molecule has 0 heterocycles. The number of hydrogen-bond acceptors (Lipinski definition) is 3. The molecular weight excluding hydrogens is 258 g/mol. The first kappa shape index (κ1) is 18.7. The number of amides is 2. The van der Waals surface area contributed by atoms with Crippen LogP contribution >= 0.6 is 0 Å². The topological polar surface area (TPSA) is 104 Å². The zero-order chi connectivity index (χ0) is 15.2. The van der Waals surface area contributed by atoms with Crippen molar-refractivity contribution in [1.29, 1.82) is 0 Å². The molecule has 0 aliphatic carbocycles. The third-order valence-corrected chi connectivity index (χ3v) is 3.19. The van der Waals surface area contributed by atoms with Crippen molar-refractivity contribution < 1.29 is 14.7 Å². The molecule has 0 aromatic heterocycles. The van der Waals surface area contributed by atoms with Gasteiger partial charge in [-0.3, -0.25) is 4.79 Å². The Morgan fingerprint density at radius 2 is 1.70 bits per heavy atom. The van der Waals surface area contributed by atoms with Crippen LogP contribution in [0.25, 0.3) is 0 Å². The highest BCUT2D eigenvalue weighted by Crippen LogP contribution is 2.05. The van der Waals surface area contributed by atoms with Crippen LogP contribution in [0.5, 0.6) is 0 Å². The Balaban J connectivity index is 3.59. The normalized spacial score (nSPS) is 12.1. The highest BCUT2D eigenvalue weighted by molar-refractivity contribution is 5.73. The molecule has 0 bridgehead atoms. The molecule has 0 spiro atoms. The van der Waals surface area contributed by atoms with Crippen molar-refractivity contribution in [3.05, 3.63) is 0 Å². The Kier molecular flexibility index (Phi) is 11.9. The minimum Gasteiger partial charge on any atom is -0.480 e. The number of carbonyl (C=O) groups is 2. The van der Waals surface area contributed by atoms with Crippen LogP contribution in [0.4, 0.5) is 4.79 Å². The molecule has 0 rings (SSSR count). The fraction of sp³-hybridized carbons (Fsp3) is 0.857. The Labute approximate surface area is 121 Å². The first-order valence-electron chi connectivity index (χ1n) is 7.57. The van der Waals surface area contributed by atoms with Crippen molar-refractivity contribution in [2.24, 2.45) is 5.73 Å². The lowest BCUT2D eigenvalue weighted by atomic mass is 10.1. The van der Waals surface area contributed by atoms with Gasteiger partial charge in [-0.2, -0.15) is 0 Å². The standard InChI is InChI=1S/C14H29N3O3/c1-2-3-4-5-6-7-10-16-12(13(18)19)9-8-11-17-14(15)20/h12,16H,2-11H2,1H3,(H,18,19)(H3,15,17,20)/t12-/m0/s1. The molecule has 2 amide bonds. The lowest BCUT2D eigenvalue weighted by Crippen LogP contribution is -2.38. The average molecular weight is 287 g/mol. The summed E-state index contributed by atoms with van der Waals surface area (Å²) in [6, 6.07) is -1.11. The van der Waals surface area contributed by atoms with Gasteiger partial charge in [-0.1, -0.05) is 39.0 Å². The largest absolute Gasteiger partial charge is 0.480 e.